The van der Waals surface area contributed by atoms with E-state index < -0.39 is 17.2 Å². The van der Waals surface area contributed by atoms with Crippen molar-refractivity contribution >= 4 is 38.4 Å². The summed E-state index contributed by atoms with van der Waals surface area (Å²) in [7, 11) is 1.37. The molecule has 0 saturated carbocycles. The molecule has 0 radical (unpaired) electrons. The molecule has 0 fully saturated rings. The first-order valence-corrected chi connectivity index (χ1v) is 9.56. The fraction of sp³-hybridized carbons (Fsp3) is 0.200. The zero-order chi connectivity index (χ0) is 20.0. The fourth-order valence-corrected chi connectivity index (χ4v) is 4.85. The van der Waals surface area contributed by atoms with E-state index in [9.17, 15) is 19.5 Å². The van der Waals surface area contributed by atoms with E-state index >= 15 is 0 Å². The molecule has 3 heterocycles. The van der Waals surface area contributed by atoms with Gasteiger partial charge in [0.1, 0.15) is 4.83 Å². The first-order valence-electron chi connectivity index (χ1n) is 8.75. The first kappa shape index (κ1) is 18.1. The molecule has 0 bridgehead atoms. The summed E-state index contributed by atoms with van der Waals surface area (Å²) in [6.07, 6.45) is 2.03. The Bertz CT molecular complexity index is 1360. The highest BCUT2D eigenvalue weighted by atomic mass is 32.1. The molecule has 0 saturated heterocycles. The Morgan fingerprint density at radius 1 is 1.21 bits per heavy atom. The van der Waals surface area contributed by atoms with Crippen molar-refractivity contribution in [3.63, 3.8) is 0 Å². The molecule has 4 rings (SSSR count). The molecular weight excluding hydrogens is 378 g/mol. The summed E-state index contributed by atoms with van der Waals surface area (Å²) in [5.74, 6) is -1.17. The van der Waals surface area contributed by atoms with Crippen LogP contribution in [0.2, 0.25) is 0 Å². The van der Waals surface area contributed by atoms with Gasteiger partial charge in [-0.1, -0.05) is 18.2 Å². The van der Waals surface area contributed by atoms with Crippen LogP contribution in [-0.2, 0) is 20.0 Å². The van der Waals surface area contributed by atoms with Gasteiger partial charge in [-0.15, -0.1) is 11.3 Å². The summed E-state index contributed by atoms with van der Waals surface area (Å²) in [6, 6.07) is 9.48. The van der Waals surface area contributed by atoms with Crippen molar-refractivity contribution in [2.45, 2.75) is 19.9 Å². The summed E-state index contributed by atoms with van der Waals surface area (Å²) in [5.41, 5.74) is 0.688. The predicted molar refractivity (Wildman–Crippen MR) is 109 cm³/mol. The van der Waals surface area contributed by atoms with Crippen LogP contribution < -0.4 is 11.2 Å². The van der Waals surface area contributed by atoms with Gasteiger partial charge in [-0.3, -0.25) is 18.9 Å². The van der Waals surface area contributed by atoms with Crippen LogP contribution in [0.15, 0.2) is 46.1 Å². The number of carboxylic acids is 1. The maximum Gasteiger partial charge on any atom is 0.337 e. The molecule has 0 aliphatic carbocycles. The van der Waals surface area contributed by atoms with Crippen LogP contribution in [0.4, 0.5) is 0 Å². The van der Waals surface area contributed by atoms with Crippen molar-refractivity contribution < 1.29 is 9.90 Å². The van der Waals surface area contributed by atoms with Gasteiger partial charge in [0.15, 0.2) is 0 Å². The lowest BCUT2D eigenvalue weighted by molar-refractivity contribution is 0.0698. The minimum atomic E-state index is -1.17. The van der Waals surface area contributed by atoms with Crippen molar-refractivity contribution in [1.82, 2.24) is 14.1 Å². The van der Waals surface area contributed by atoms with E-state index in [0.717, 1.165) is 21.0 Å². The minimum absolute atomic E-state index is 0.0244. The van der Waals surface area contributed by atoms with Gasteiger partial charge < -0.3 is 5.11 Å². The van der Waals surface area contributed by atoms with E-state index in [4.69, 9.17) is 0 Å². The lowest BCUT2D eigenvalue weighted by Gasteiger charge is -2.06. The standard InChI is InChI=1S/C20H17N3O4S/c1-3-23-18-16(17(24)22(2)20(23)27)15(19(25)26)14(28-18)10-11-8-9-21-13-7-5-4-6-12(11)13/h4-9H,3,10H2,1-2H3,(H,25,26). The van der Waals surface area contributed by atoms with Gasteiger partial charge >= 0.3 is 11.7 Å². The van der Waals surface area contributed by atoms with E-state index in [2.05, 4.69) is 4.98 Å². The second kappa shape index (κ2) is 6.72. The summed E-state index contributed by atoms with van der Waals surface area (Å²) in [6.45, 7) is 2.14. The summed E-state index contributed by atoms with van der Waals surface area (Å²) >= 11 is 1.19. The molecule has 4 aromatic rings. The summed E-state index contributed by atoms with van der Waals surface area (Å²) in [4.78, 5) is 42.5. The number of hydrogen-bond acceptors (Lipinski definition) is 5. The molecule has 0 unspecified atom stereocenters. The van der Waals surface area contributed by atoms with Crippen molar-refractivity contribution in [2.75, 3.05) is 0 Å². The average Bonchev–Trinajstić information content (AvgIpc) is 3.06. The Morgan fingerprint density at radius 3 is 2.68 bits per heavy atom. The molecule has 7 nitrogen and oxygen atoms in total. The molecule has 0 aliphatic rings. The van der Waals surface area contributed by atoms with Crippen molar-refractivity contribution in [3.05, 3.63) is 73.4 Å². The first-order chi connectivity index (χ1) is 13.4. The smallest absolute Gasteiger partial charge is 0.337 e. The Morgan fingerprint density at radius 2 is 1.96 bits per heavy atom. The minimum Gasteiger partial charge on any atom is -0.478 e. The number of fused-ring (bicyclic) bond motifs is 2. The number of nitrogens with zero attached hydrogens (tertiary/aromatic N) is 3. The molecule has 142 valence electrons. The number of carboxylic acid groups (broad SMARTS) is 1. The van der Waals surface area contributed by atoms with E-state index in [1.165, 1.54) is 23.0 Å². The molecule has 0 spiro atoms. The second-order valence-electron chi connectivity index (χ2n) is 6.44. The quantitative estimate of drug-likeness (QED) is 0.573. The number of aromatic nitrogens is 3. The normalized spacial score (nSPS) is 11.4. The summed E-state index contributed by atoms with van der Waals surface area (Å²) < 4.78 is 2.42. The number of aromatic carboxylic acids is 1. The van der Waals surface area contributed by atoms with Crippen LogP contribution in [0.5, 0.6) is 0 Å². The molecule has 28 heavy (non-hydrogen) atoms. The van der Waals surface area contributed by atoms with Crippen molar-refractivity contribution in [1.29, 1.82) is 0 Å². The van der Waals surface area contributed by atoms with E-state index in [1.807, 2.05) is 30.3 Å². The monoisotopic (exact) mass is 395 g/mol. The number of thiophene rings is 1. The van der Waals surface area contributed by atoms with Crippen LogP contribution in [0.3, 0.4) is 0 Å². The van der Waals surface area contributed by atoms with Gasteiger partial charge in [0.2, 0.25) is 0 Å². The number of para-hydroxylation sites is 1. The van der Waals surface area contributed by atoms with Crippen molar-refractivity contribution in [3.8, 4) is 0 Å². The number of rotatable bonds is 4. The Balaban J connectivity index is 2.03. The third-order valence-corrected chi connectivity index (χ3v) is 6.08. The van der Waals surface area contributed by atoms with Crippen LogP contribution in [-0.4, -0.2) is 25.2 Å². The number of aryl methyl sites for hydroxylation is 1. The van der Waals surface area contributed by atoms with E-state index in [0.29, 0.717) is 22.7 Å². The number of carbonyl (C=O) groups is 1. The van der Waals surface area contributed by atoms with Gasteiger partial charge in [0.05, 0.1) is 16.5 Å². The van der Waals surface area contributed by atoms with Gasteiger partial charge in [-0.25, -0.2) is 9.59 Å². The van der Waals surface area contributed by atoms with Gasteiger partial charge in [0, 0.05) is 36.5 Å². The SMILES string of the molecule is CCn1c(=O)n(C)c(=O)c2c(C(=O)O)c(Cc3ccnc4ccccc34)sc21. The topological polar surface area (TPSA) is 94.2 Å². The zero-order valence-corrected chi connectivity index (χ0v) is 16.1. The van der Waals surface area contributed by atoms with Crippen LogP contribution >= 0.6 is 11.3 Å². The number of benzene rings is 1. The van der Waals surface area contributed by atoms with Crippen LogP contribution in [0, 0.1) is 0 Å². The molecular formula is C20H17N3O4S. The lowest BCUT2D eigenvalue weighted by Crippen LogP contribution is -2.37. The zero-order valence-electron chi connectivity index (χ0n) is 15.3. The number of hydrogen-bond donors (Lipinski definition) is 1. The summed E-state index contributed by atoms with van der Waals surface area (Å²) in [5, 5.41) is 10.9. The van der Waals surface area contributed by atoms with Gasteiger partial charge in [0.25, 0.3) is 5.56 Å². The maximum atomic E-state index is 12.7. The van der Waals surface area contributed by atoms with Crippen LogP contribution in [0.25, 0.3) is 21.1 Å². The average molecular weight is 395 g/mol. The lowest BCUT2D eigenvalue weighted by atomic mass is 10.0. The molecule has 1 aromatic carbocycles. The second-order valence-corrected chi connectivity index (χ2v) is 7.52. The highest BCUT2D eigenvalue weighted by molar-refractivity contribution is 7.19. The Kier molecular flexibility index (Phi) is 4.35. The molecule has 0 atom stereocenters. The Hall–Kier alpha value is -3.26. The molecule has 8 heteroatoms. The maximum absolute atomic E-state index is 12.7. The molecule has 0 aliphatic heterocycles. The molecule has 0 amide bonds. The highest BCUT2D eigenvalue weighted by Crippen LogP contribution is 2.32. The number of pyridine rings is 1. The van der Waals surface area contributed by atoms with E-state index in [1.54, 1.807) is 13.1 Å². The van der Waals surface area contributed by atoms with Crippen molar-refractivity contribution in [2.24, 2.45) is 7.05 Å². The van der Waals surface area contributed by atoms with E-state index in [-0.39, 0.29) is 10.9 Å². The molecule has 1 N–H and O–H groups in total. The van der Waals surface area contributed by atoms with Gasteiger partial charge in [-0.05, 0) is 24.6 Å². The highest BCUT2D eigenvalue weighted by Gasteiger charge is 2.25. The third kappa shape index (κ3) is 2.65. The van der Waals surface area contributed by atoms with Gasteiger partial charge in [-0.2, -0.15) is 0 Å². The Labute approximate surface area is 163 Å². The predicted octanol–water partition coefficient (Wildman–Crippen LogP) is 2.62. The third-order valence-electron chi connectivity index (χ3n) is 4.86. The largest absolute Gasteiger partial charge is 0.478 e. The molecule has 3 aromatic heterocycles. The van der Waals surface area contributed by atoms with Crippen LogP contribution in [0.1, 0.15) is 27.7 Å². The fourth-order valence-electron chi connectivity index (χ4n) is 3.49.